The van der Waals surface area contributed by atoms with Crippen LogP contribution in [0.2, 0.25) is 0 Å². The van der Waals surface area contributed by atoms with E-state index in [1.807, 2.05) is 11.8 Å². The molecule has 1 aliphatic rings. The van der Waals surface area contributed by atoms with E-state index in [1.165, 1.54) is 7.11 Å². The van der Waals surface area contributed by atoms with Crippen LogP contribution in [0, 0.1) is 5.92 Å². The van der Waals surface area contributed by atoms with Crippen LogP contribution >= 0.6 is 11.8 Å². The van der Waals surface area contributed by atoms with Gasteiger partial charge in [-0.3, -0.25) is 4.79 Å². The Balaban J connectivity index is 2.39. The highest BCUT2D eigenvalue weighted by Crippen LogP contribution is 2.24. The molecule has 0 aromatic heterocycles. The smallest absolute Gasteiger partial charge is 0.322 e. The first-order valence-corrected chi connectivity index (χ1v) is 5.32. The lowest BCUT2D eigenvalue weighted by Gasteiger charge is -2.25. The molecule has 2 N–H and O–H groups in total. The van der Waals surface area contributed by atoms with Gasteiger partial charge in [-0.2, -0.15) is 11.8 Å². The molecule has 0 aromatic carbocycles. The number of esters is 1. The van der Waals surface area contributed by atoms with Crippen molar-refractivity contribution in [1.29, 1.82) is 0 Å². The number of methoxy groups -OCH3 is 1. The van der Waals surface area contributed by atoms with Gasteiger partial charge in [0.05, 0.1) is 7.11 Å². The van der Waals surface area contributed by atoms with E-state index in [-0.39, 0.29) is 5.97 Å². The largest absolute Gasteiger partial charge is 0.468 e. The highest BCUT2D eigenvalue weighted by molar-refractivity contribution is 7.99. The van der Waals surface area contributed by atoms with Gasteiger partial charge in [0.2, 0.25) is 0 Å². The number of carbonyl (C=O) groups is 1. The first-order valence-electron chi connectivity index (χ1n) is 4.17. The summed E-state index contributed by atoms with van der Waals surface area (Å²) in [6.45, 7) is 0. The zero-order chi connectivity index (χ0) is 8.97. The van der Waals surface area contributed by atoms with Crippen molar-refractivity contribution >= 4 is 17.7 Å². The van der Waals surface area contributed by atoms with E-state index in [1.54, 1.807) is 0 Å². The summed E-state index contributed by atoms with van der Waals surface area (Å²) >= 11 is 1.93. The molecule has 0 bridgehead atoms. The zero-order valence-electron chi connectivity index (χ0n) is 7.29. The number of rotatable bonds is 2. The van der Waals surface area contributed by atoms with Crippen molar-refractivity contribution in [3.05, 3.63) is 0 Å². The maximum atomic E-state index is 11.1. The minimum absolute atomic E-state index is 0.271. The minimum atomic E-state index is -0.407. The molecule has 3 nitrogen and oxygen atoms in total. The number of nitrogens with two attached hydrogens (primary N) is 1. The zero-order valence-corrected chi connectivity index (χ0v) is 8.10. The quantitative estimate of drug-likeness (QED) is 0.647. The van der Waals surface area contributed by atoms with E-state index in [2.05, 4.69) is 4.74 Å². The van der Waals surface area contributed by atoms with Crippen LogP contribution in [0.1, 0.15) is 12.8 Å². The Morgan fingerprint density at radius 2 is 2.17 bits per heavy atom. The van der Waals surface area contributed by atoms with Gasteiger partial charge in [0.15, 0.2) is 0 Å². The number of thioether (sulfide) groups is 1. The van der Waals surface area contributed by atoms with Crippen molar-refractivity contribution in [2.75, 3.05) is 18.6 Å². The number of ether oxygens (including phenoxy) is 1. The van der Waals surface area contributed by atoms with Gasteiger partial charge >= 0.3 is 5.97 Å². The molecule has 1 rings (SSSR count). The van der Waals surface area contributed by atoms with Crippen molar-refractivity contribution in [2.45, 2.75) is 18.9 Å². The molecule has 1 saturated heterocycles. The van der Waals surface area contributed by atoms with Crippen LogP contribution in [0.4, 0.5) is 0 Å². The molecule has 0 amide bonds. The van der Waals surface area contributed by atoms with Crippen LogP contribution in [0.15, 0.2) is 0 Å². The molecule has 0 spiro atoms. The fourth-order valence-electron chi connectivity index (χ4n) is 1.40. The minimum Gasteiger partial charge on any atom is -0.468 e. The maximum Gasteiger partial charge on any atom is 0.322 e. The lowest BCUT2D eigenvalue weighted by Crippen LogP contribution is -2.40. The van der Waals surface area contributed by atoms with Gasteiger partial charge < -0.3 is 10.5 Å². The Kier molecular flexibility index (Phi) is 3.88. The van der Waals surface area contributed by atoms with Gasteiger partial charge in [0.25, 0.3) is 0 Å². The van der Waals surface area contributed by atoms with Gasteiger partial charge in [-0.25, -0.2) is 0 Å². The molecule has 1 aliphatic heterocycles. The first kappa shape index (κ1) is 9.86. The van der Waals surface area contributed by atoms with E-state index >= 15 is 0 Å². The third-order valence-electron chi connectivity index (χ3n) is 2.25. The number of hydrogen-bond acceptors (Lipinski definition) is 4. The molecule has 4 heteroatoms. The van der Waals surface area contributed by atoms with E-state index in [0.717, 1.165) is 24.3 Å². The molecular weight excluding hydrogens is 174 g/mol. The van der Waals surface area contributed by atoms with E-state index in [0.29, 0.717) is 5.92 Å². The molecule has 1 atom stereocenters. The van der Waals surface area contributed by atoms with Crippen LogP contribution in [-0.4, -0.2) is 30.6 Å². The Labute approximate surface area is 77.0 Å². The summed E-state index contributed by atoms with van der Waals surface area (Å²) in [6, 6.07) is -0.407. The van der Waals surface area contributed by atoms with Crippen LogP contribution < -0.4 is 5.73 Å². The third-order valence-corrected chi connectivity index (χ3v) is 3.30. The predicted molar refractivity (Wildman–Crippen MR) is 50.0 cm³/mol. The maximum absolute atomic E-state index is 11.1. The van der Waals surface area contributed by atoms with Gasteiger partial charge in [0, 0.05) is 0 Å². The molecule has 0 radical (unpaired) electrons. The van der Waals surface area contributed by atoms with Gasteiger partial charge in [0.1, 0.15) is 6.04 Å². The van der Waals surface area contributed by atoms with Crippen molar-refractivity contribution in [1.82, 2.24) is 0 Å². The lowest BCUT2D eigenvalue weighted by molar-refractivity contribution is -0.143. The second-order valence-electron chi connectivity index (χ2n) is 3.00. The Morgan fingerprint density at radius 3 is 2.67 bits per heavy atom. The van der Waals surface area contributed by atoms with Crippen LogP contribution in [-0.2, 0) is 9.53 Å². The summed E-state index contributed by atoms with van der Waals surface area (Å²) in [7, 11) is 1.39. The number of hydrogen-bond donors (Lipinski definition) is 1. The molecule has 70 valence electrons. The monoisotopic (exact) mass is 189 g/mol. The Hall–Kier alpha value is -0.220. The lowest BCUT2D eigenvalue weighted by atomic mass is 9.94. The molecule has 0 aliphatic carbocycles. The highest BCUT2D eigenvalue weighted by Gasteiger charge is 2.26. The molecule has 0 unspecified atom stereocenters. The number of carbonyl (C=O) groups excluding carboxylic acids is 1. The van der Waals surface area contributed by atoms with Crippen LogP contribution in [0.5, 0.6) is 0 Å². The van der Waals surface area contributed by atoms with Crippen molar-refractivity contribution in [3.63, 3.8) is 0 Å². The Bertz CT molecular complexity index is 157. The SMILES string of the molecule is COC(=O)[C@@H](N)C1CCSCC1. The average molecular weight is 189 g/mol. The van der Waals surface area contributed by atoms with Crippen molar-refractivity contribution in [2.24, 2.45) is 11.7 Å². The normalized spacial score (nSPS) is 21.8. The second-order valence-corrected chi connectivity index (χ2v) is 4.22. The highest BCUT2D eigenvalue weighted by atomic mass is 32.2. The fourth-order valence-corrected chi connectivity index (χ4v) is 2.55. The summed E-state index contributed by atoms with van der Waals surface area (Å²) in [5.74, 6) is 2.30. The van der Waals surface area contributed by atoms with Crippen LogP contribution in [0.25, 0.3) is 0 Å². The van der Waals surface area contributed by atoms with E-state index in [4.69, 9.17) is 5.73 Å². The molecular formula is C8H15NO2S. The van der Waals surface area contributed by atoms with Crippen molar-refractivity contribution in [3.8, 4) is 0 Å². The fraction of sp³-hybridized carbons (Fsp3) is 0.875. The summed E-state index contributed by atoms with van der Waals surface area (Å²) in [5, 5.41) is 0. The third kappa shape index (κ3) is 2.38. The van der Waals surface area contributed by atoms with Gasteiger partial charge in [-0.1, -0.05) is 0 Å². The van der Waals surface area contributed by atoms with Crippen LogP contribution in [0.3, 0.4) is 0 Å². The standard InChI is InChI=1S/C8H15NO2S/c1-11-8(10)7(9)6-2-4-12-5-3-6/h6-7H,2-5,9H2,1H3/t7-/m0/s1. The van der Waals surface area contributed by atoms with E-state index in [9.17, 15) is 4.79 Å². The summed E-state index contributed by atoms with van der Waals surface area (Å²) < 4.78 is 4.59. The summed E-state index contributed by atoms with van der Waals surface area (Å²) in [4.78, 5) is 11.1. The van der Waals surface area contributed by atoms with Gasteiger partial charge in [-0.05, 0) is 30.3 Å². The second kappa shape index (κ2) is 4.72. The summed E-state index contributed by atoms with van der Waals surface area (Å²) in [5.41, 5.74) is 5.72. The first-order chi connectivity index (χ1) is 5.75. The topological polar surface area (TPSA) is 52.3 Å². The Morgan fingerprint density at radius 1 is 1.58 bits per heavy atom. The summed E-state index contributed by atoms with van der Waals surface area (Å²) in [6.07, 6.45) is 2.09. The average Bonchev–Trinajstić information content (AvgIpc) is 2.17. The van der Waals surface area contributed by atoms with E-state index < -0.39 is 6.04 Å². The molecule has 0 saturated carbocycles. The molecule has 1 heterocycles. The molecule has 1 fully saturated rings. The molecule has 12 heavy (non-hydrogen) atoms. The van der Waals surface area contributed by atoms with Crippen molar-refractivity contribution < 1.29 is 9.53 Å². The predicted octanol–water partition coefficient (Wildman–Crippen LogP) is 0.630. The molecule has 0 aromatic rings. The van der Waals surface area contributed by atoms with Gasteiger partial charge in [-0.15, -0.1) is 0 Å².